The van der Waals surface area contributed by atoms with E-state index in [4.69, 9.17) is 9.84 Å². The fourth-order valence-corrected chi connectivity index (χ4v) is 2.08. The summed E-state index contributed by atoms with van der Waals surface area (Å²) in [5, 5.41) is 12.2. The average molecular weight is 350 g/mol. The number of carbonyl (C=O) groups is 1. The first-order valence-corrected chi connectivity index (χ1v) is 7.32. The highest BCUT2D eigenvalue weighted by molar-refractivity contribution is 9.10. The maximum absolute atomic E-state index is 10.9. The second kappa shape index (κ2) is 7.13. The molecule has 0 fully saturated rings. The number of aryl methyl sites for hydroxylation is 1. The molecule has 0 amide bonds. The number of carboxylic acids is 1. The molecule has 4 nitrogen and oxygen atoms in total. The van der Waals surface area contributed by atoms with Crippen LogP contribution in [-0.2, 0) is 0 Å². The SMILES string of the molecule is Cc1cc(NCCOc2cccc(C(=O)O)c2)ccc1Br. The van der Waals surface area contributed by atoms with Crippen LogP contribution in [0.5, 0.6) is 5.75 Å². The van der Waals surface area contributed by atoms with Crippen molar-refractivity contribution in [2.24, 2.45) is 0 Å². The fourth-order valence-electron chi connectivity index (χ4n) is 1.84. The topological polar surface area (TPSA) is 58.6 Å². The van der Waals surface area contributed by atoms with E-state index in [9.17, 15) is 4.79 Å². The zero-order chi connectivity index (χ0) is 15.2. The summed E-state index contributed by atoms with van der Waals surface area (Å²) in [6, 6.07) is 12.5. The Kier molecular flexibility index (Phi) is 5.22. The molecule has 0 aliphatic rings. The molecule has 2 aromatic rings. The van der Waals surface area contributed by atoms with Crippen molar-refractivity contribution in [2.45, 2.75) is 6.92 Å². The van der Waals surface area contributed by atoms with Gasteiger partial charge in [-0.25, -0.2) is 4.79 Å². The number of carboxylic acid groups (broad SMARTS) is 1. The van der Waals surface area contributed by atoms with Crippen molar-refractivity contribution in [3.63, 3.8) is 0 Å². The van der Waals surface area contributed by atoms with Crippen LogP contribution >= 0.6 is 15.9 Å². The number of nitrogens with one attached hydrogen (secondary N) is 1. The molecular weight excluding hydrogens is 334 g/mol. The van der Waals surface area contributed by atoms with Crippen LogP contribution in [0.3, 0.4) is 0 Å². The molecule has 0 heterocycles. The van der Waals surface area contributed by atoms with Crippen LogP contribution in [0.4, 0.5) is 5.69 Å². The van der Waals surface area contributed by atoms with E-state index < -0.39 is 5.97 Å². The Morgan fingerprint density at radius 1 is 1.29 bits per heavy atom. The molecule has 0 bridgehead atoms. The molecule has 0 saturated heterocycles. The lowest BCUT2D eigenvalue weighted by molar-refractivity contribution is 0.0696. The molecule has 0 aromatic heterocycles. The Balaban J connectivity index is 1.83. The Morgan fingerprint density at radius 2 is 2.10 bits per heavy atom. The number of ether oxygens (including phenoxy) is 1. The van der Waals surface area contributed by atoms with E-state index in [2.05, 4.69) is 27.3 Å². The predicted octanol–water partition coefficient (Wildman–Crippen LogP) is 3.95. The van der Waals surface area contributed by atoms with Crippen LogP contribution < -0.4 is 10.1 Å². The van der Waals surface area contributed by atoms with E-state index in [1.54, 1.807) is 12.1 Å². The summed E-state index contributed by atoms with van der Waals surface area (Å²) < 4.78 is 6.62. The molecule has 2 rings (SSSR count). The molecule has 0 atom stereocenters. The quantitative estimate of drug-likeness (QED) is 0.775. The minimum Gasteiger partial charge on any atom is -0.492 e. The number of aromatic carboxylic acids is 1. The highest BCUT2D eigenvalue weighted by Gasteiger charge is 2.03. The van der Waals surface area contributed by atoms with Gasteiger partial charge in [0.15, 0.2) is 0 Å². The Morgan fingerprint density at radius 3 is 2.81 bits per heavy atom. The summed E-state index contributed by atoms with van der Waals surface area (Å²) in [4.78, 5) is 10.9. The van der Waals surface area contributed by atoms with Gasteiger partial charge in [-0.3, -0.25) is 0 Å². The standard InChI is InChI=1S/C16H16BrNO3/c1-11-9-13(5-6-15(11)17)18-7-8-21-14-4-2-3-12(10-14)16(19)20/h2-6,9-10,18H,7-8H2,1H3,(H,19,20). The molecule has 21 heavy (non-hydrogen) atoms. The molecule has 2 N–H and O–H groups in total. The van der Waals surface area contributed by atoms with Gasteiger partial charge < -0.3 is 15.2 Å². The molecule has 0 unspecified atom stereocenters. The van der Waals surface area contributed by atoms with Crippen LogP contribution in [-0.4, -0.2) is 24.2 Å². The van der Waals surface area contributed by atoms with Crippen LogP contribution in [0.25, 0.3) is 0 Å². The zero-order valence-corrected chi connectivity index (χ0v) is 13.2. The maximum Gasteiger partial charge on any atom is 0.335 e. The van der Waals surface area contributed by atoms with Crippen LogP contribution in [0.1, 0.15) is 15.9 Å². The van der Waals surface area contributed by atoms with E-state index in [1.807, 2.05) is 19.1 Å². The molecule has 0 saturated carbocycles. The second-order valence-electron chi connectivity index (χ2n) is 4.57. The third-order valence-corrected chi connectivity index (χ3v) is 3.83. The molecule has 2 aromatic carbocycles. The van der Waals surface area contributed by atoms with Gasteiger partial charge in [-0.2, -0.15) is 0 Å². The number of hydrogen-bond acceptors (Lipinski definition) is 3. The fraction of sp³-hybridized carbons (Fsp3) is 0.188. The molecular formula is C16H16BrNO3. The maximum atomic E-state index is 10.9. The van der Waals surface area contributed by atoms with Crippen molar-refractivity contribution in [2.75, 3.05) is 18.5 Å². The van der Waals surface area contributed by atoms with Gasteiger partial charge in [-0.1, -0.05) is 22.0 Å². The lowest BCUT2D eigenvalue weighted by Gasteiger charge is -2.10. The van der Waals surface area contributed by atoms with Crippen molar-refractivity contribution in [3.8, 4) is 5.75 Å². The highest BCUT2D eigenvalue weighted by atomic mass is 79.9. The predicted molar refractivity (Wildman–Crippen MR) is 86.3 cm³/mol. The van der Waals surface area contributed by atoms with Gasteiger partial charge in [0.1, 0.15) is 12.4 Å². The number of anilines is 1. The molecule has 110 valence electrons. The van der Waals surface area contributed by atoms with Gasteiger partial charge in [-0.15, -0.1) is 0 Å². The third-order valence-electron chi connectivity index (χ3n) is 2.94. The summed E-state index contributed by atoms with van der Waals surface area (Å²) in [6.07, 6.45) is 0. The lowest BCUT2D eigenvalue weighted by atomic mass is 10.2. The smallest absolute Gasteiger partial charge is 0.335 e. The minimum absolute atomic E-state index is 0.226. The number of halogens is 1. The van der Waals surface area contributed by atoms with Crippen LogP contribution in [0.15, 0.2) is 46.9 Å². The third kappa shape index (κ3) is 4.49. The van der Waals surface area contributed by atoms with Crippen molar-refractivity contribution >= 4 is 27.6 Å². The zero-order valence-electron chi connectivity index (χ0n) is 11.6. The summed E-state index contributed by atoms with van der Waals surface area (Å²) >= 11 is 3.46. The van der Waals surface area contributed by atoms with E-state index in [0.29, 0.717) is 18.9 Å². The van der Waals surface area contributed by atoms with Gasteiger partial charge in [0, 0.05) is 16.7 Å². The van der Waals surface area contributed by atoms with Crippen molar-refractivity contribution in [3.05, 3.63) is 58.1 Å². The molecule has 0 aliphatic heterocycles. The first kappa shape index (κ1) is 15.4. The van der Waals surface area contributed by atoms with Gasteiger partial charge in [0.2, 0.25) is 0 Å². The van der Waals surface area contributed by atoms with Gasteiger partial charge in [0.05, 0.1) is 5.56 Å². The summed E-state index contributed by atoms with van der Waals surface area (Å²) in [6.45, 7) is 3.12. The van der Waals surface area contributed by atoms with Gasteiger partial charge in [0.25, 0.3) is 0 Å². The average Bonchev–Trinajstić information content (AvgIpc) is 2.47. The number of hydrogen-bond donors (Lipinski definition) is 2. The van der Waals surface area contributed by atoms with Crippen molar-refractivity contribution < 1.29 is 14.6 Å². The molecule has 5 heteroatoms. The normalized spacial score (nSPS) is 10.2. The first-order chi connectivity index (χ1) is 10.1. The highest BCUT2D eigenvalue weighted by Crippen LogP contribution is 2.20. The van der Waals surface area contributed by atoms with Crippen LogP contribution in [0, 0.1) is 6.92 Å². The van der Waals surface area contributed by atoms with Gasteiger partial charge >= 0.3 is 5.97 Å². The summed E-state index contributed by atoms with van der Waals surface area (Å²) in [5.41, 5.74) is 2.41. The van der Waals surface area contributed by atoms with E-state index >= 15 is 0 Å². The molecule has 0 radical (unpaired) electrons. The summed E-state index contributed by atoms with van der Waals surface area (Å²) in [7, 11) is 0. The van der Waals surface area contributed by atoms with Crippen molar-refractivity contribution in [1.29, 1.82) is 0 Å². The minimum atomic E-state index is -0.955. The van der Waals surface area contributed by atoms with E-state index in [0.717, 1.165) is 15.7 Å². The van der Waals surface area contributed by atoms with Crippen LogP contribution in [0.2, 0.25) is 0 Å². The second-order valence-corrected chi connectivity index (χ2v) is 5.43. The lowest BCUT2D eigenvalue weighted by Crippen LogP contribution is -2.11. The Bertz CT molecular complexity index is 643. The van der Waals surface area contributed by atoms with E-state index in [1.165, 1.54) is 12.1 Å². The molecule has 0 aliphatic carbocycles. The number of benzene rings is 2. The monoisotopic (exact) mass is 349 g/mol. The Labute approximate surface area is 131 Å². The van der Waals surface area contributed by atoms with E-state index in [-0.39, 0.29) is 5.56 Å². The van der Waals surface area contributed by atoms with Crippen molar-refractivity contribution in [1.82, 2.24) is 0 Å². The van der Waals surface area contributed by atoms with Gasteiger partial charge in [-0.05, 0) is 48.9 Å². The molecule has 0 spiro atoms. The largest absolute Gasteiger partial charge is 0.492 e. The first-order valence-electron chi connectivity index (χ1n) is 6.52. The summed E-state index contributed by atoms with van der Waals surface area (Å²) in [5.74, 6) is -0.396. The Hall–Kier alpha value is -2.01. The number of rotatable bonds is 6.